The second-order valence-corrected chi connectivity index (χ2v) is 3.11. The van der Waals surface area contributed by atoms with Crippen molar-refractivity contribution in [2.75, 3.05) is 6.54 Å². The average Bonchev–Trinajstić information content (AvgIpc) is 2.48. The molecule has 0 aliphatic rings. The SMILES string of the molecule is CCNC(=O)n1nc(C(C)C)oc1=O. The summed E-state index contributed by atoms with van der Waals surface area (Å²) in [4.78, 5) is 22.4. The molecule has 1 aromatic heterocycles. The van der Waals surface area contributed by atoms with Crippen molar-refractivity contribution in [3.63, 3.8) is 0 Å². The molecule has 0 radical (unpaired) electrons. The van der Waals surface area contributed by atoms with Crippen LogP contribution in [0.15, 0.2) is 9.21 Å². The largest absolute Gasteiger partial charge is 0.446 e. The Morgan fingerprint density at radius 3 is 2.71 bits per heavy atom. The Kier molecular flexibility index (Phi) is 3.06. The number of carbonyl (C=O) groups is 1. The predicted molar refractivity (Wildman–Crippen MR) is 49.3 cm³/mol. The Labute approximate surface area is 80.9 Å². The molecule has 0 bridgehead atoms. The van der Waals surface area contributed by atoms with Gasteiger partial charge in [0.05, 0.1) is 0 Å². The van der Waals surface area contributed by atoms with Crippen LogP contribution in [-0.2, 0) is 0 Å². The lowest BCUT2D eigenvalue weighted by Gasteiger charge is -1.97. The molecule has 0 aliphatic heterocycles. The van der Waals surface area contributed by atoms with Crippen molar-refractivity contribution in [1.29, 1.82) is 0 Å². The third-order valence-electron chi connectivity index (χ3n) is 1.58. The van der Waals surface area contributed by atoms with Crippen molar-refractivity contribution in [3.8, 4) is 0 Å². The van der Waals surface area contributed by atoms with Crippen molar-refractivity contribution < 1.29 is 9.21 Å². The minimum Gasteiger partial charge on any atom is -0.392 e. The van der Waals surface area contributed by atoms with Crippen molar-refractivity contribution in [2.45, 2.75) is 26.7 Å². The maximum Gasteiger partial charge on any atom is 0.446 e. The number of nitrogens with zero attached hydrogens (tertiary/aromatic N) is 2. The molecule has 1 heterocycles. The minimum absolute atomic E-state index is 0.0154. The summed E-state index contributed by atoms with van der Waals surface area (Å²) in [6, 6.07) is -0.562. The lowest BCUT2D eigenvalue weighted by molar-refractivity contribution is 0.238. The summed E-state index contributed by atoms with van der Waals surface area (Å²) in [7, 11) is 0. The van der Waals surface area contributed by atoms with E-state index in [1.54, 1.807) is 6.92 Å². The molecule has 6 nitrogen and oxygen atoms in total. The van der Waals surface area contributed by atoms with Crippen LogP contribution in [0.1, 0.15) is 32.6 Å². The summed E-state index contributed by atoms with van der Waals surface area (Å²) >= 11 is 0. The van der Waals surface area contributed by atoms with Gasteiger partial charge in [-0.15, -0.1) is 9.78 Å². The van der Waals surface area contributed by atoms with Crippen molar-refractivity contribution in [1.82, 2.24) is 15.1 Å². The standard InChI is InChI=1S/C8H13N3O3/c1-4-9-7(12)11-8(13)14-6(10-11)5(2)3/h5H,4H2,1-3H3,(H,9,12). The van der Waals surface area contributed by atoms with Crippen molar-refractivity contribution in [3.05, 3.63) is 16.4 Å². The monoisotopic (exact) mass is 199 g/mol. The van der Waals surface area contributed by atoms with Gasteiger partial charge in [0, 0.05) is 12.5 Å². The van der Waals surface area contributed by atoms with Gasteiger partial charge in [0.2, 0.25) is 5.89 Å². The Bertz CT molecular complexity index is 377. The quantitative estimate of drug-likeness (QED) is 0.754. The maximum atomic E-state index is 11.2. The Morgan fingerprint density at radius 2 is 2.29 bits per heavy atom. The molecular weight excluding hydrogens is 186 g/mol. The summed E-state index contributed by atoms with van der Waals surface area (Å²) in [5.74, 6) is -0.501. The minimum atomic E-state index is -0.750. The van der Waals surface area contributed by atoms with E-state index in [1.807, 2.05) is 13.8 Å². The van der Waals surface area contributed by atoms with Gasteiger partial charge in [-0.05, 0) is 6.92 Å². The lowest BCUT2D eigenvalue weighted by Crippen LogP contribution is -2.35. The van der Waals surface area contributed by atoms with E-state index in [4.69, 9.17) is 4.42 Å². The molecule has 1 aromatic rings. The molecule has 1 N–H and O–H groups in total. The first-order valence-corrected chi connectivity index (χ1v) is 4.44. The molecule has 0 aromatic carbocycles. The first-order valence-electron chi connectivity index (χ1n) is 4.44. The fourth-order valence-corrected chi connectivity index (χ4v) is 0.880. The molecule has 0 atom stereocenters. The van der Waals surface area contributed by atoms with E-state index in [-0.39, 0.29) is 11.8 Å². The summed E-state index contributed by atoms with van der Waals surface area (Å²) in [5, 5.41) is 6.21. The van der Waals surface area contributed by atoms with Gasteiger partial charge in [-0.25, -0.2) is 9.59 Å². The number of hydrogen-bond acceptors (Lipinski definition) is 4. The summed E-state index contributed by atoms with van der Waals surface area (Å²) in [5.41, 5.74) is 0. The Morgan fingerprint density at radius 1 is 1.64 bits per heavy atom. The molecule has 1 rings (SSSR count). The van der Waals surface area contributed by atoms with Gasteiger partial charge in [0.25, 0.3) is 0 Å². The third kappa shape index (κ3) is 2.01. The van der Waals surface area contributed by atoms with E-state index < -0.39 is 11.8 Å². The third-order valence-corrected chi connectivity index (χ3v) is 1.58. The lowest BCUT2D eigenvalue weighted by atomic mass is 10.2. The molecule has 14 heavy (non-hydrogen) atoms. The number of aromatic nitrogens is 2. The van der Waals surface area contributed by atoms with Crippen LogP contribution in [-0.4, -0.2) is 22.4 Å². The first kappa shape index (κ1) is 10.5. The fraction of sp³-hybridized carbons (Fsp3) is 0.625. The van der Waals surface area contributed by atoms with Crippen molar-refractivity contribution >= 4 is 6.03 Å². The highest BCUT2D eigenvalue weighted by Gasteiger charge is 2.15. The van der Waals surface area contributed by atoms with Gasteiger partial charge in [0.15, 0.2) is 0 Å². The van der Waals surface area contributed by atoms with Crippen LogP contribution in [0.25, 0.3) is 0 Å². The fourth-order valence-electron chi connectivity index (χ4n) is 0.880. The molecule has 1 amide bonds. The van der Waals surface area contributed by atoms with Gasteiger partial charge in [-0.3, -0.25) is 0 Å². The van der Waals surface area contributed by atoms with Crippen LogP contribution >= 0.6 is 0 Å². The highest BCUT2D eigenvalue weighted by atomic mass is 16.4. The summed E-state index contributed by atoms with van der Waals surface area (Å²) in [6.07, 6.45) is 0. The molecule has 0 unspecified atom stereocenters. The van der Waals surface area contributed by atoms with Crippen LogP contribution in [0, 0.1) is 0 Å². The van der Waals surface area contributed by atoms with Crippen LogP contribution in [0.4, 0.5) is 4.79 Å². The molecule has 6 heteroatoms. The van der Waals surface area contributed by atoms with Crippen molar-refractivity contribution in [2.24, 2.45) is 0 Å². The highest BCUT2D eigenvalue weighted by Crippen LogP contribution is 2.07. The van der Waals surface area contributed by atoms with Crippen LogP contribution in [0.2, 0.25) is 0 Å². The smallest absolute Gasteiger partial charge is 0.392 e. The number of amides is 1. The molecule has 0 spiro atoms. The van der Waals surface area contributed by atoms with Gasteiger partial charge in [-0.2, -0.15) is 0 Å². The number of carbonyl (C=O) groups excluding carboxylic acids is 1. The number of nitrogens with one attached hydrogen (secondary N) is 1. The zero-order valence-corrected chi connectivity index (χ0v) is 8.40. The van der Waals surface area contributed by atoms with E-state index in [0.717, 1.165) is 0 Å². The maximum absolute atomic E-state index is 11.2. The second-order valence-electron chi connectivity index (χ2n) is 3.11. The highest BCUT2D eigenvalue weighted by molar-refractivity contribution is 5.75. The summed E-state index contributed by atoms with van der Waals surface area (Å²) in [6.45, 7) is 5.85. The second kappa shape index (κ2) is 4.08. The van der Waals surface area contributed by atoms with Gasteiger partial charge < -0.3 is 9.73 Å². The van der Waals surface area contributed by atoms with Crippen LogP contribution in [0.3, 0.4) is 0 Å². The predicted octanol–water partition coefficient (Wildman–Crippen LogP) is 0.537. The Hall–Kier alpha value is -1.59. The Balaban J connectivity index is 2.99. The van der Waals surface area contributed by atoms with E-state index in [0.29, 0.717) is 11.2 Å². The van der Waals surface area contributed by atoms with Crippen LogP contribution < -0.4 is 11.1 Å². The van der Waals surface area contributed by atoms with Gasteiger partial charge in [0.1, 0.15) is 0 Å². The molecule has 0 saturated carbocycles. The molecular formula is C8H13N3O3. The van der Waals surface area contributed by atoms with E-state index >= 15 is 0 Å². The zero-order chi connectivity index (χ0) is 10.7. The zero-order valence-electron chi connectivity index (χ0n) is 8.40. The van der Waals surface area contributed by atoms with E-state index in [1.165, 1.54) is 0 Å². The molecule has 0 saturated heterocycles. The molecule has 0 aliphatic carbocycles. The van der Waals surface area contributed by atoms with Gasteiger partial charge >= 0.3 is 11.8 Å². The number of hydrogen-bond donors (Lipinski definition) is 1. The molecule has 0 fully saturated rings. The summed E-state index contributed by atoms with van der Waals surface area (Å²) < 4.78 is 5.47. The number of rotatable bonds is 2. The molecule has 78 valence electrons. The van der Waals surface area contributed by atoms with Crippen LogP contribution in [0.5, 0.6) is 0 Å². The first-order chi connectivity index (χ1) is 6.56. The topological polar surface area (TPSA) is 77.1 Å². The van der Waals surface area contributed by atoms with E-state index in [9.17, 15) is 9.59 Å². The normalized spacial score (nSPS) is 10.6. The van der Waals surface area contributed by atoms with E-state index in [2.05, 4.69) is 10.4 Å². The average molecular weight is 199 g/mol. The van der Waals surface area contributed by atoms with Gasteiger partial charge in [-0.1, -0.05) is 13.8 Å².